The Morgan fingerprint density at radius 3 is 2.89 bits per heavy atom. The van der Waals surface area contributed by atoms with Gasteiger partial charge in [0.15, 0.2) is 5.82 Å². The fourth-order valence-corrected chi connectivity index (χ4v) is 1.58. The smallest absolute Gasteiger partial charge is 0.169 e. The van der Waals surface area contributed by atoms with Gasteiger partial charge >= 0.3 is 0 Å². The van der Waals surface area contributed by atoms with Gasteiger partial charge in [-0.15, -0.1) is 0 Å². The van der Waals surface area contributed by atoms with Gasteiger partial charge in [-0.25, -0.2) is 9.37 Å². The second-order valence-corrected chi connectivity index (χ2v) is 4.19. The summed E-state index contributed by atoms with van der Waals surface area (Å²) in [5.74, 6) is 0.187. The van der Waals surface area contributed by atoms with E-state index >= 15 is 0 Å². The molecule has 0 saturated heterocycles. The van der Waals surface area contributed by atoms with E-state index < -0.39 is 5.82 Å². The molecule has 5 nitrogen and oxygen atoms in total. The molecule has 0 saturated carbocycles. The zero-order chi connectivity index (χ0) is 13.1. The van der Waals surface area contributed by atoms with Crippen LogP contribution < -0.4 is 11.1 Å². The van der Waals surface area contributed by atoms with E-state index in [0.29, 0.717) is 23.6 Å². The molecule has 0 aliphatic heterocycles. The highest BCUT2D eigenvalue weighted by atomic mass is 32.1. The van der Waals surface area contributed by atoms with Gasteiger partial charge in [0, 0.05) is 12.6 Å². The fourth-order valence-electron chi connectivity index (χ4n) is 1.45. The van der Waals surface area contributed by atoms with E-state index in [1.807, 2.05) is 0 Å². The van der Waals surface area contributed by atoms with Gasteiger partial charge in [0.2, 0.25) is 0 Å². The molecule has 0 aliphatic carbocycles. The lowest BCUT2D eigenvalue weighted by Crippen LogP contribution is -2.10. The predicted molar refractivity (Wildman–Crippen MR) is 70.6 cm³/mol. The lowest BCUT2D eigenvalue weighted by atomic mass is 10.2. The van der Waals surface area contributed by atoms with Crippen molar-refractivity contribution in [3.8, 4) is 0 Å². The Balaban J connectivity index is 2.08. The fraction of sp³-hybridized carbons (Fsp3) is 0.182. The van der Waals surface area contributed by atoms with Crippen LogP contribution in [0.3, 0.4) is 0 Å². The number of anilines is 1. The maximum absolute atomic E-state index is 13.7. The number of hydrogen-bond acceptors (Lipinski definition) is 4. The van der Waals surface area contributed by atoms with Crippen LogP contribution in [0.15, 0.2) is 24.5 Å². The number of aryl methyl sites for hydroxylation is 1. The van der Waals surface area contributed by atoms with Crippen molar-refractivity contribution in [1.82, 2.24) is 14.8 Å². The van der Waals surface area contributed by atoms with Crippen LogP contribution in [0.2, 0.25) is 0 Å². The summed E-state index contributed by atoms with van der Waals surface area (Å²) in [6.45, 7) is 0.351. The Morgan fingerprint density at radius 1 is 1.56 bits per heavy atom. The Morgan fingerprint density at radius 2 is 2.33 bits per heavy atom. The van der Waals surface area contributed by atoms with Crippen molar-refractivity contribution in [1.29, 1.82) is 0 Å². The van der Waals surface area contributed by atoms with Crippen molar-refractivity contribution in [3.63, 3.8) is 0 Å². The van der Waals surface area contributed by atoms with Crippen molar-refractivity contribution in [2.45, 2.75) is 6.54 Å². The van der Waals surface area contributed by atoms with Crippen LogP contribution in [-0.4, -0.2) is 19.8 Å². The summed E-state index contributed by atoms with van der Waals surface area (Å²) in [6.07, 6.45) is 1.59. The minimum atomic E-state index is -0.406. The van der Waals surface area contributed by atoms with Gasteiger partial charge in [-0.1, -0.05) is 12.2 Å². The predicted octanol–water partition coefficient (Wildman–Crippen LogP) is 1.20. The maximum atomic E-state index is 13.7. The molecule has 1 aromatic carbocycles. The third-order valence-corrected chi connectivity index (χ3v) is 2.57. The molecule has 1 heterocycles. The van der Waals surface area contributed by atoms with E-state index in [-0.39, 0.29) is 4.99 Å². The van der Waals surface area contributed by atoms with Crippen LogP contribution in [0.1, 0.15) is 11.4 Å². The summed E-state index contributed by atoms with van der Waals surface area (Å²) in [5, 5.41) is 6.99. The second-order valence-electron chi connectivity index (χ2n) is 3.75. The Labute approximate surface area is 109 Å². The molecule has 0 aliphatic rings. The minimum absolute atomic E-state index is 0.173. The molecule has 2 aromatic rings. The zero-order valence-electron chi connectivity index (χ0n) is 9.72. The first-order chi connectivity index (χ1) is 8.56. The highest BCUT2D eigenvalue weighted by molar-refractivity contribution is 7.80. The number of nitrogens with one attached hydrogen (secondary N) is 1. The summed E-state index contributed by atoms with van der Waals surface area (Å²) >= 11 is 4.78. The summed E-state index contributed by atoms with van der Waals surface area (Å²) in [5.41, 5.74) is 6.29. The van der Waals surface area contributed by atoms with Crippen molar-refractivity contribution in [2.75, 3.05) is 5.32 Å². The summed E-state index contributed by atoms with van der Waals surface area (Å²) < 4.78 is 15.3. The number of nitrogens with zero attached hydrogens (tertiary/aromatic N) is 3. The standard InChI is InChI=1S/C11H12FN5S/c1-17-6-15-10(16-17)5-14-9-3-2-7(11(13)18)4-8(9)12/h2-4,6,14H,5H2,1H3,(H2,13,18). The van der Waals surface area contributed by atoms with E-state index in [4.69, 9.17) is 18.0 Å². The Bertz CT molecular complexity index is 581. The first-order valence-electron chi connectivity index (χ1n) is 5.24. The van der Waals surface area contributed by atoms with E-state index in [0.717, 1.165) is 0 Å². The van der Waals surface area contributed by atoms with Gasteiger partial charge in [0.25, 0.3) is 0 Å². The quantitative estimate of drug-likeness (QED) is 0.813. The van der Waals surface area contributed by atoms with Gasteiger partial charge < -0.3 is 11.1 Å². The van der Waals surface area contributed by atoms with Gasteiger partial charge in [0.1, 0.15) is 17.1 Å². The maximum Gasteiger partial charge on any atom is 0.169 e. The molecule has 0 bridgehead atoms. The molecule has 0 radical (unpaired) electrons. The van der Waals surface area contributed by atoms with Crippen LogP contribution in [0, 0.1) is 5.82 Å². The summed E-state index contributed by atoms with van der Waals surface area (Å²) in [6, 6.07) is 4.56. The van der Waals surface area contributed by atoms with Gasteiger partial charge in [-0.05, 0) is 18.2 Å². The highest BCUT2D eigenvalue weighted by Gasteiger charge is 2.06. The lowest BCUT2D eigenvalue weighted by molar-refractivity contribution is 0.629. The Kier molecular flexibility index (Phi) is 3.52. The molecule has 2 rings (SSSR count). The number of benzene rings is 1. The van der Waals surface area contributed by atoms with Crippen LogP contribution in [-0.2, 0) is 13.6 Å². The number of nitrogens with two attached hydrogens (primary N) is 1. The van der Waals surface area contributed by atoms with Crippen LogP contribution >= 0.6 is 12.2 Å². The molecule has 0 fully saturated rings. The first-order valence-corrected chi connectivity index (χ1v) is 5.65. The number of hydrogen-bond donors (Lipinski definition) is 2. The molecule has 94 valence electrons. The zero-order valence-corrected chi connectivity index (χ0v) is 10.5. The van der Waals surface area contributed by atoms with Crippen LogP contribution in [0.5, 0.6) is 0 Å². The van der Waals surface area contributed by atoms with E-state index in [2.05, 4.69) is 15.4 Å². The molecule has 7 heteroatoms. The minimum Gasteiger partial charge on any atom is -0.389 e. The summed E-state index contributed by atoms with van der Waals surface area (Å²) in [4.78, 5) is 4.21. The molecule has 18 heavy (non-hydrogen) atoms. The number of rotatable bonds is 4. The lowest BCUT2D eigenvalue weighted by Gasteiger charge is -2.06. The average Bonchev–Trinajstić information content (AvgIpc) is 2.73. The highest BCUT2D eigenvalue weighted by Crippen LogP contribution is 2.16. The number of halogens is 1. The van der Waals surface area contributed by atoms with Crippen molar-refractivity contribution < 1.29 is 4.39 Å². The number of thiocarbonyl (C=S) groups is 1. The molecule has 3 N–H and O–H groups in total. The van der Waals surface area contributed by atoms with Crippen molar-refractivity contribution in [3.05, 3.63) is 41.7 Å². The van der Waals surface area contributed by atoms with Gasteiger partial charge in [0.05, 0.1) is 12.2 Å². The van der Waals surface area contributed by atoms with E-state index in [1.54, 1.807) is 30.2 Å². The van der Waals surface area contributed by atoms with Gasteiger partial charge in [-0.3, -0.25) is 4.68 Å². The monoisotopic (exact) mass is 265 g/mol. The third-order valence-electron chi connectivity index (χ3n) is 2.34. The normalized spacial score (nSPS) is 10.3. The number of aromatic nitrogens is 3. The first kappa shape index (κ1) is 12.4. The Hall–Kier alpha value is -2.02. The largest absolute Gasteiger partial charge is 0.389 e. The van der Waals surface area contributed by atoms with Crippen molar-refractivity contribution >= 4 is 22.9 Å². The average molecular weight is 265 g/mol. The molecule has 1 aromatic heterocycles. The third kappa shape index (κ3) is 2.80. The SMILES string of the molecule is Cn1cnc(CNc2ccc(C(N)=S)cc2F)n1. The molecular weight excluding hydrogens is 253 g/mol. The second kappa shape index (κ2) is 5.09. The van der Waals surface area contributed by atoms with Crippen LogP contribution in [0.25, 0.3) is 0 Å². The topological polar surface area (TPSA) is 68.8 Å². The molecule has 0 unspecified atom stereocenters. The van der Waals surface area contributed by atoms with Gasteiger partial charge in [-0.2, -0.15) is 5.10 Å². The molecular formula is C11H12FN5S. The van der Waals surface area contributed by atoms with Crippen molar-refractivity contribution in [2.24, 2.45) is 12.8 Å². The summed E-state index contributed by atoms with van der Waals surface area (Å²) in [7, 11) is 1.77. The molecule has 0 amide bonds. The van der Waals surface area contributed by atoms with E-state index in [9.17, 15) is 4.39 Å². The van der Waals surface area contributed by atoms with Crippen LogP contribution in [0.4, 0.5) is 10.1 Å². The molecule has 0 atom stereocenters. The van der Waals surface area contributed by atoms with E-state index in [1.165, 1.54) is 6.07 Å². The molecule has 0 spiro atoms.